The van der Waals surface area contributed by atoms with E-state index >= 15 is 0 Å². The zero-order chi connectivity index (χ0) is 14.8. The number of carbonyl (C=O) groups is 1. The highest BCUT2D eigenvalue weighted by atomic mass is 35.5. The minimum atomic E-state index is -4.39. The molecule has 1 heterocycles. The monoisotopic (exact) mass is 303 g/mol. The van der Waals surface area contributed by atoms with Crippen molar-refractivity contribution in [3.05, 3.63) is 47.2 Å². The summed E-state index contributed by atoms with van der Waals surface area (Å²) in [5.74, 6) is -0.412. The number of nitrogens with one attached hydrogen (secondary N) is 1. The maximum absolute atomic E-state index is 12.4. The number of halogens is 4. The summed E-state index contributed by atoms with van der Waals surface area (Å²) < 4.78 is 38.4. The number of amides is 1. The number of nitrogens with zero attached hydrogens (tertiary/aromatic N) is 2. The number of hydrogen-bond acceptors (Lipinski definition) is 2. The van der Waals surface area contributed by atoms with Gasteiger partial charge < -0.3 is 5.32 Å². The molecule has 0 saturated heterocycles. The molecule has 1 aromatic heterocycles. The van der Waals surface area contributed by atoms with Gasteiger partial charge in [0.05, 0.1) is 16.8 Å². The minimum absolute atomic E-state index is 0.0757. The van der Waals surface area contributed by atoms with Gasteiger partial charge in [0.1, 0.15) is 6.54 Å². The van der Waals surface area contributed by atoms with Crippen molar-refractivity contribution in [2.75, 3.05) is 5.32 Å². The Hall–Kier alpha value is -2.02. The van der Waals surface area contributed by atoms with Crippen LogP contribution in [0.15, 0.2) is 36.7 Å². The zero-order valence-electron chi connectivity index (χ0n) is 9.99. The van der Waals surface area contributed by atoms with Gasteiger partial charge in [-0.25, -0.2) is 0 Å². The molecule has 0 saturated carbocycles. The molecule has 0 bridgehead atoms. The Kier molecular flexibility index (Phi) is 3.99. The maximum Gasteiger partial charge on any atom is 0.416 e. The number of anilines is 1. The van der Waals surface area contributed by atoms with E-state index < -0.39 is 17.6 Å². The largest absolute Gasteiger partial charge is 0.416 e. The van der Waals surface area contributed by atoms with Crippen LogP contribution in [0.1, 0.15) is 5.56 Å². The third-order valence-corrected chi connectivity index (χ3v) is 2.60. The molecule has 0 aliphatic heterocycles. The van der Waals surface area contributed by atoms with E-state index in [4.69, 9.17) is 11.6 Å². The molecule has 106 valence electrons. The number of aromatic nitrogens is 2. The van der Waals surface area contributed by atoms with Crippen LogP contribution in [-0.2, 0) is 17.5 Å². The topological polar surface area (TPSA) is 46.9 Å². The highest BCUT2D eigenvalue weighted by Gasteiger charge is 2.29. The van der Waals surface area contributed by atoms with Gasteiger partial charge in [0.15, 0.2) is 0 Å². The van der Waals surface area contributed by atoms with Crippen LogP contribution < -0.4 is 5.32 Å². The number of hydrogen-bond donors (Lipinski definition) is 1. The van der Waals surface area contributed by atoms with Crippen molar-refractivity contribution in [3.63, 3.8) is 0 Å². The van der Waals surface area contributed by atoms with E-state index in [1.54, 1.807) is 0 Å². The number of rotatable bonds is 3. The van der Waals surface area contributed by atoms with Gasteiger partial charge in [0, 0.05) is 11.9 Å². The average molecular weight is 304 g/mol. The van der Waals surface area contributed by atoms with E-state index in [0.717, 1.165) is 12.1 Å². The van der Waals surface area contributed by atoms with Crippen LogP contribution in [-0.4, -0.2) is 15.7 Å². The van der Waals surface area contributed by atoms with Crippen molar-refractivity contribution in [3.8, 4) is 0 Å². The maximum atomic E-state index is 12.4. The number of carbonyl (C=O) groups excluding carboxylic acids is 1. The van der Waals surface area contributed by atoms with Gasteiger partial charge in [-0.1, -0.05) is 11.6 Å². The summed E-state index contributed by atoms with van der Waals surface area (Å²) in [5, 5.41) is 6.68. The van der Waals surface area contributed by atoms with Crippen molar-refractivity contribution in [2.24, 2.45) is 0 Å². The lowest BCUT2D eigenvalue weighted by molar-refractivity contribution is -0.137. The van der Waals surface area contributed by atoms with Gasteiger partial charge in [0.25, 0.3) is 0 Å². The summed E-state index contributed by atoms with van der Waals surface area (Å²) in [6, 6.07) is 4.19. The van der Waals surface area contributed by atoms with E-state index in [9.17, 15) is 18.0 Å². The highest BCUT2D eigenvalue weighted by Crippen LogP contribution is 2.29. The molecule has 0 unspecified atom stereocenters. The molecule has 0 spiro atoms. The lowest BCUT2D eigenvalue weighted by atomic mass is 10.2. The summed E-state index contributed by atoms with van der Waals surface area (Å²) in [4.78, 5) is 11.6. The Labute approximate surface area is 117 Å². The molecule has 4 nitrogen and oxygen atoms in total. The standard InChI is InChI=1S/C12H9ClF3N3O/c13-9-5-17-19(6-9)7-11(20)18-10-3-1-8(2-4-10)12(14,15)16/h1-6H,7H2,(H,18,20). The van der Waals surface area contributed by atoms with E-state index in [-0.39, 0.29) is 12.2 Å². The molecular formula is C12H9ClF3N3O. The van der Waals surface area contributed by atoms with Gasteiger partial charge in [0.2, 0.25) is 5.91 Å². The fraction of sp³-hybridized carbons (Fsp3) is 0.167. The van der Waals surface area contributed by atoms with Gasteiger partial charge in [-0.2, -0.15) is 18.3 Å². The van der Waals surface area contributed by atoms with Crippen LogP contribution >= 0.6 is 11.6 Å². The zero-order valence-corrected chi connectivity index (χ0v) is 10.7. The van der Waals surface area contributed by atoms with Crippen molar-refractivity contribution in [2.45, 2.75) is 12.7 Å². The SMILES string of the molecule is O=C(Cn1cc(Cl)cn1)Nc1ccc(C(F)(F)F)cc1. The van der Waals surface area contributed by atoms with E-state index in [0.29, 0.717) is 5.02 Å². The fourth-order valence-electron chi connectivity index (χ4n) is 1.52. The van der Waals surface area contributed by atoms with Crippen LogP contribution in [0, 0.1) is 0 Å². The fourth-order valence-corrected chi connectivity index (χ4v) is 1.67. The summed E-state index contributed by atoms with van der Waals surface area (Å²) in [6.07, 6.45) is -1.55. The molecule has 1 aromatic carbocycles. The highest BCUT2D eigenvalue weighted by molar-refractivity contribution is 6.30. The Morgan fingerprint density at radius 2 is 1.95 bits per heavy atom. The summed E-state index contributed by atoms with van der Waals surface area (Å²) in [6.45, 7) is -0.0757. The first-order chi connectivity index (χ1) is 9.34. The van der Waals surface area contributed by atoms with Crippen molar-refractivity contribution >= 4 is 23.2 Å². The molecule has 8 heteroatoms. The Bertz CT molecular complexity index is 607. The van der Waals surface area contributed by atoms with Gasteiger partial charge in [-0.3, -0.25) is 9.48 Å². The average Bonchev–Trinajstić information content (AvgIpc) is 2.74. The third-order valence-electron chi connectivity index (χ3n) is 2.40. The van der Waals surface area contributed by atoms with Crippen LogP contribution in [0.25, 0.3) is 0 Å². The van der Waals surface area contributed by atoms with Crippen LogP contribution in [0.5, 0.6) is 0 Å². The van der Waals surface area contributed by atoms with Crippen molar-refractivity contribution < 1.29 is 18.0 Å². The summed E-state index contributed by atoms with van der Waals surface area (Å²) in [7, 11) is 0. The molecule has 0 aliphatic rings. The second kappa shape index (κ2) is 5.54. The second-order valence-corrected chi connectivity index (χ2v) is 4.42. The molecule has 0 radical (unpaired) electrons. The summed E-state index contributed by atoms with van der Waals surface area (Å²) >= 11 is 5.64. The molecule has 0 atom stereocenters. The molecule has 20 heavy (non-hydrogen) atoms. The number of benzene rings is 1. The summed E-state index contributed by atoms with van der Waals surface area (Å²) in [5.41, 5.74) is -0.490. The first-order valence-corrected chi connectivity index (χ1v) is 5.87. The Morgan fingerprint density at radius 1 is 1.30 bits per heavy atom. The molecule has 1 amide bonds. The van der Waals surface area contributed by atoms with Crippen LogP contribution in [0.4, 0.5) is 18.9 Å². The first-order valence-electron chi connectivity index (χ1n) is 5.49. The van der Waals surface area contributed by atoms with E-state index in [2.05, 4.69) is 10.4 Å². The van der Waals surface area contributed by atoms with E-state index in [1.165, 1.54) is 29.2 Å². The normalized spacial score (nSPS) is 11.4. The van der Waals surface area contributed by atoms with Crippen molar-refractivity contribution in [1.29, 1.82) is 0 Å². The van der Waals surface area contributed by atoms with Gasteiger partial charge in [-0.15, -0.1) is 0 Å². The first kappa shape index (κ1) is 14.4. The smallest absolute Gasteiger partial charge is 0.324 e. The van der Waals surface area contributed by atoms with Gasteiger partial charge in [-0.05, 0) is 24.3 Å². The molecule has 1 N–H and O–H groups in total. The molecule has 0 fully saturated rings. The lowest BCUT2D eigenvalue weighted by Crippen LogP contribution is -2.19. The lowest BCUT2D eigenvalue weighted by Gasteiger charge is -2.08. The predicted molar refractivity (Wildman–Crippen MR) is 67.3 cm³/mol. The van der Waals surface area contributed by atoms with E-state index in [1.807, 2.05) is 0 Å². The molecule has 2 rings (SSSR count). The van der Waals surface area contributed by atoms with Crippen LogP contribution in [0.3, 0.4) is 0 Å². The quantitative estimate of drug-likeness (QED) is 0.946. The minimum Gasteiger partial charge on any atom is -0.324 e. The predicted octanol–water partition coefficient (Wildman–Crippen LogP) is 3.19. The number of alkyl halides is 3. The van der Waals surface area contributed by atoms with Gasteiger partial charge >= 0.3 is 6.18 Å². The molecule has 0 aliphatic carbocycles. The molecule has 2 aromatic rings. The Balaban J connectivity index is 1.98. The third kappa shape index (κ3) is 3.74. The van der Waals surface area contributed by atoms with Crippen LogP contribution in [0.2, 0.25) is 5.02 Å². The molecular weight excluding hydrogens is 295 g/mol. The Morgan fingerprint density at radius 3 is 2.45 bits per heavy atom. The second-order valence-electron chi connectivity index (χ2n) is 3.98. The van der Waals surface area contributed by atoms with Crippen molar-refractivity contribution in [1.82, 2.24) is 9.78 Å².